The van der Waals surface area contributed by atoms with Gasteiger partial charge in [0, 0.05) is 6.61 Å². The molecule has 0 saturated heterocycles. The smallest absolute Gasteiger partial charge is 0.239 e. The number of hydrogen-bond donors (Lipinski definition) is 2. The number of likely N-dealkylation sites (N-methyl/N-ethyl adjacent to an activating group) is 1. The Labute approximate surface area is 73.5 Å². The van der Waals surface area contributed by atoms with E-state index in [1.54, 1.807) is 6.92 Å². The summed E-state index contributed by atoms with van der Waals surface area (Å²) in [6.45, 7) is 7.17. The SMILES string of the molecule is CCNC(C)(COCC)C(N)=O. The summed E-state index contributed by atoms with van der Waals surface area (Å²) < 4.78 is 5.15. The molecular weight excluding hydrogens is 156 g/mol. The molecule has 0 aliphatic carbocycles. The molecule has 1 atom stereocenters. The van der Waals surface area contributed by atoms with Crippen molar-refractivity contribution in [3.05, 3.63) is 0 Å². The zero-order valence-electron chi connectivity index (χ0n) is 8.02. The molecule has 72 valence electrons. The van der Waals surface area contributed by atoms with Gasteiger partial charge >= 0.3 is 0 Å². The van der Waals surface area contributed by atoms with E-state index in [2.05, 4.69) is 5.32 Å². The molecule has 4 nitrogen and oxygen atoms in total. The van der Waals surface area contributed by atoms with E-state index in [-0.39, 0.29) is 5.91 Å². The lowest BCUT2D eigenvalue weighted by Gasteiger charge is -2.26. The maximum absolute atomic E-state index is 11.0. The first kappa shape index (κ1) is 11.4. The van der Waals surface area contributed by atoms with Crippen LogP contribution in [0.1, 0.15) is 20.8 Å². The second-order valence-corrected chi connectivity index (χ2v) is 2.86. The molecule has 0 bridgehead atoms. The number of ether oxygens (including phenoxy) is 1. The maximum atomic E-state index is 11.0. The number of primary amides is 1. The van der Waals surface area contributed by atoms with Crippen LogP contribution in [0.25, 0.3) is 0 Å². The molecule has 0 aromatic heterocycles. The lowest BCUT2D eigenvalue weighted by atomic mass is 10.0. The summed E-state index contributed by atoms with van der Waals surface area (Å²) in [6, 6.07) is 0. The van der Waals surface area contributed by atoms with Gasteiger partial charge in [-0.05, 0) is 20.4 Å². The number of nitrogens with two attached hydrogens (primary N) is 1. The summed E-state index contributed by atoms with van der Waals surface area (Å²) in [7, 11) is 0. The number of rotatable bonds is 6. The minimum Gasteiger partial charge on any atom is -0.379 e. The van der Waals surface area contributed by atoms with Crippen LogP contribution in [0.15, 0.2) is 0 Å². The molecular formula is C8H18N2O2. The van der Waals surface area contributed by atoms with E-state index in [9.17, 15) is 4.79 Å². The van der Waals surface area contributed by atoms with E-state index in [1.165, 1.54) is 0 Å². The molecule has 0 fully saturated rings. The summed E-state index contributed by atoms with van der Waals surface area (Å²) in [5.41, 5.74) is 4.48. The third-order valence-corrected chi connectivity index (χ3v) is 1.71. The van der Waals surface area contributed by atoms with E-state index < -0.39 is 5.54 Å². The van der Waals surface area contributed by atoms with Crippen LogP contribution in [-0.4, -0.2) is 31.2 Å². The minimum atomic E-state index is -0.731. The third kappa shape index (κ3) is 3.19. The van der Waals surface area contributed by atoms with Gasteiger partial charge in [0.15, 0.2) is 0 Å². The van der Waals surface area contributed by atoms with Crippen LogP contribution in [0.4, 0.5) is 0 Å². The van der Waals surface area contributed by atoms with Crippen molar-refractivity contribution in [2.75, 3.05) is 19.8 Å². The van der Waals surface area contributed by atoms with Crippen molar-refractivity contribution in [2.45, 2.75) is 26.3 Å². The summed E-state index contributed by atoms with van der Waals surface area (Å²) >= 11 is 0. The molecule has 0 aliphatic heterocycles. The Hall–Kier alpha value is -0.610. The first-order valence-electron chi connectivity index (χ1n) is 4.19. The van der Waals surface area contributed by atoms with Crippen LogP contribution < -0.4 is 11.1 Å². The molecule has 0 radical (unpaired) electrons. The lowest BCUT2D eigenvalue weighted by Crippen LogP contribution is -2.56. The Morgan fingerprint density at radius 3 is 2.50 bits per heavy atom. The Morgan fingerprint density at radius 2 is 2.17 bits per heavy atom. The second-order valence-electron chi connectivity index (χ2n) is 2.86. The zero-order chi connectivity index (χ0) is 9.61. The Kier molecular flexibility index (Phi) is 4.85. The monoisotopic (exact) mass is 174 g/mol. The first-order chi connectivity index (χ1) is 5.56. The van der Waals surface area contributed by atoms with Crippen LogP contribution in [0.3, 0.4) is 0 Å². The Morgan fingerprint density at radius 1 is 1.58 bits per heavy atom. The van der Waals surface area contributed by atoms with Crippen molar-refractivity contribution in [1.29, 1.82) is 0 Å². The number of hydrogen-bond acceptors (Lipinski definition) is 3. The van der Waals surface area contributed by atoms with Gasteiger partial charge in [0.1, 0.15) is 5.54 Å². The topological polar surface area (TPSA) is 64.3 Å². The zero-order valence-corrected chi connectivity index (χ0v) is 8.02. The van der Waals surface area contributed by atoms with E-state index >= 15 is 0 Å². The highest BCUT2D eigenvalue weighted by Crippen LogP contribution is 2.02. The van der Waals surface area contributed by atoms with Gasteiger partial charge in [-0.3, -0.25) is 4.79 Å². The molecule has 1 amide bonds. The van der Waals surface area contributed by atoms with Gasteiger partial charge < -0.3 is 15.8 Å². The van der Waals surface area contributed by atoms with E-state index in [1.807, 2.05) is 13.8 Å². The number of carbonyl (C=O) groups is 1. The molecule has 3 N–H and O–H groups in total. The van der Waals surface area contributed by atoms with Crippen molar-refractivity contribution < 1.29 is 9.53 Å². The highest BCUT2D eigenvalue weighted by molar-refractivity contribution is 5.84. The molecule has 0 heterocycles. The minimum absolute atomic E-state index is 0.326. The summed E-state index contributed by atoms with van der Waals surface area (Å²) in [6.07, 6.45) is 0. The van der Waals surface area contributed by atoms with Crippen molar-refractivity contribution in [2.24, 2.45) is 5.73 Å². The average molecular weight is 174 g/mol. The van der Waals surface area contributed by atoms with E-state index in [4.69, 9.17) is 10.5 Å². The molecule has 0 aliphatic rings. The molecule has 0 saturated carbocycles. The van der Waals surface area contributed by atoms with Gasteiger partial charge in [-0.25, -0.2) is 0 Å². The van der Waals surface area contributed by atoms with Crippen LogP contribution in [-0.2, 0) is 9.53 Å². The van der Waals surface area contributed by atoms with Gasteiger partial charge in [0.2, 0.25) is 5.91 Å². The normalized spacial score (nSPS) is 15.6. The maximum Gasteiger partial charge on any atom is 0.239 e. The average Bonchev–Trinajstić information content (AvgIpc) is 2.01. The highest BCUT2D eigenvalue weighted by atomic mass is 16.5. The van der Waals surface area contributed by atoms with Crippen molar-refractivity contribution >= 4 is 5.91 Å². The molecule has 0 aromatic rings. The highest BCUT2D eigenvalue weighted by Gasteiger charge is 2.29. The van der Waals surface area contributed by atoms with E-state index in [0.29, 0.717) is 19.8 Å². The van der Waals surface area contributed by atoms with Crippen molar-refractivity contribution in [1.82, 2.24) is 5.32 Å². The predicted molar refractivity (Wildman–Crippen MR) is 47.8 cm³/mol. The number of amides is 1. The van der Waals surface area contributed by atoms with Gasteiger partial charge in [0.05, 0.1) is 6.61 Å². The van der Waals surface area contributed by atoms with Crippen molar-refractivity contribution in [3.63, 3.8) is 0 Å². The van der Waals surface area contributed by atoms with Gasteiger partial charge in [-0.2, -0.15) is 0 Å². The molecule has 0 aromatic carbocycles. The Balaban J connectivity index is 4.08. The largest absolute Gasteiger partial charge is 0.379 e. The lowest BCUT2D eigenvalue weighted by molar-refractivity contribution is -0.126. The summed E-state index contributed by atoms with van der Waals surface area (Å²) in [5.74, 6) is -0.377. The van der Waals surface area contributed by atoms with Crippen LogP contribution in [0.2, 0.25) is 0 Å². The molecule has 4 heteroatoms. The second kappa shape index (κ2) is 5.11. The molecule has 0 rings (SSSR count). The quantitative estimate of drug-likeness (QED) is 0.590. The van der Waals surface area contributed by atoms with Gasteiger partial charge in [-0.1, -0.05) is 6.92 Å². The van der Waals surface area contributed by atoms with Crippen LogP contribution >= 0.6 is 0 Å². The van der Waals surface area contributed by atoms with Gasteiger partial charge in [-0.15, -0.1) is 0 Å². The van der Waals surface area contributed by atoms with Crippen molar-refractivity contribution in [3.8, 4) is 0 Å². The van der Waals surface area contributed by atoms with E-state index in [0.717, 1.165) is 0 Å². The standard InChI is InChI=1S/C8H18N2O2/c1-4-10-8(3,7(9)11)6-12-5-2/h10H,4-6H2,1-3H3,(H2,9,11). The van der Waals surface area contributed by atoms with Crippen LogP contribution in [0, 0.1) is 0 Å². The number of nitrogens with one attached hydrogen (secondary N) is 1. The first-order valence-corrected chi connectivity index (χ1v) is 4.19. The summed E-state index contributed by atoms with van der Waals surface area (Å²) in [5, 5.41) is 2.99. The van der Waals surface area contributed by atoms with Gasteiger partial charge in [0.25, 0.3) is 0 Å². The third-order valence-electron chi connectivity index (χ3n) is 1.71. The fraction of sp³-hybridized carbons (Fsp3) is 0.875. The number of carbonyl (C=O) groups excluding carboxylic acids is 1. The predicted octanol–water partition coefficient (Wildman–Crippen LogP) is -0.124. The fourth-order valence-electron chi connectivity index (χ4n) is 0.906. The molecule has 0 spiro atoms. The fourth-order valence-corrected chi connectivity index (χ4v) is 0.906. The van der Waals surface area contributed by atoms with Crippen LogP contribution in [0.5, 0.6) is 0 Å². The molecule has 1 unspecified atom stereocenters. The summed E-state index contributed by atoms with van der Waals surface area (Å²) in [4.78, 5) is 11.0. The molecule has 12 heavy (non-hydrogen) atoms. The Bertz CT molecular complexity index is 150.